The lowest BCUT2D eigenvalue weighted by Crippen LogP contribution is -2.18. The molecule has 0 aromatic heterocycles. The average molecular weight is 243 g/mol. The third-order valence-electron chi connectivity index (χ3n) is 1.83. The molecule has 0 spiro atoms. The minimum atomic E-state index is -3.39. The van der Waals surface area contributed by atoms with Crippen LogP contribution in [0.1, 0.15) is 33.1 Å². The van der Waals surface area contributed by atoms with Gasteiger partial charge in [0.15, 0.2) is 0 Å². The van der Waals surface area contributed by atoms with Crippen LogP contribution in [0.25, 0.3) is 0 Å². The SMILES string of the molecule is CCCOCC(CCC)CS(=O)(=O)Cl. The predicted octanol–water partition coefficient (Wildman–Crippen LogP) is 2.40. The highest BCUT2D eigenvalue weighted by Crippen LogP contribution is 2.12. The molecular formula is C9H19ClO3S. The lowest BCUT2D eigenvalue weighted by atomic mass is 10.1. The zero-order chi connectivity index (χ0) is 11.0. The van der Waals surface area contributed by atoms with Gasteiger partial charge in [-0.25, -0.2) is 8.42 Å². The summed E-state index contributed by atoms with van der Waals surface area (Å²) in [5, 5.41) is 0. The van der Waals surface area contributed by atoms with Crippen LogP contribution in [0.2, 0.25) is 0 Å². The van der Waals surface area contributed by atoms with Gasteiger partial charge in [-0.1, -0.05) is 20.3 Å². The smallest absolute Gasteiger partial charge is 0.232 e. The second-order valence-corrected chi connectivity index (χ2v) is 6.26. The molecule has 0 aromatic carbocycles. The highest BCUT2D eigenvalue weighted by atomic mass is 35.7. The van der Waals surface area contributed by atoms with Crippen molar-refractivity contribution >= 4 is 19.7 Å². The first-order valence-corrected chi connectivity index (χ1v) is 7.47. The van der Waals surface area contributed by atoms with E-state index in [1.54, 1.807) is 0 Å². The molecule has 0 radical (unpaired) electrons. The van der Waals surface area contributed by atoms with E-state index < -0.39 is 9.05 Å². The van der Waals surface area contributed by atoms with Crippen molar-refractivity contribution in [3.8, 4) is 0 Å². The molecule has 0 rings (SSSR count). The number of hydrogen-bond donors (Lipinski definition) is 0. The third-order valence-corrected chi connectivity index (χ3v) is 3.08. The molecular weight excluding hydrogens is 224 g/mol. The molecule has 3 nitrogen and oxygen atoms in total. The summed E-state index contributed by atoms with van der Waals surface area (Å²) in [4.78, 5) is 0. The topological polar surface area (TPSA) is 43.4 Å². The van der Waals surface area contributed by atoms with Crippen LogP contribution in [0.5, 0.6) is 0 Å². The van der Waals surface area contributed by atoms with E-state index in [1.807, 2.05) is 13.8 Å². The van der Waals surface area contributed by atoms with Crippen LogP contribution in [-0.4, -0.2) is 27.4 Å². The molecule has 1 unspecified atom stereocenters. The molecule has 0 saturated carbocycles. The predicted molar refractivity (Wildman–Crippen MR) is 59.1 cm³/mol. The van der Waals surface area contributed by atoms with Gasteiger partial charge in [0.1, 0.15) is 0 Å². The van der Waals surface area contributed by atoms with Gasteiger partial charge in [0.05, 0.1) is 12.4 Å². The van der Waals surface area contributed by atoms with Crippen LogP contribution in [0.15, 0.2) is 0 Å². The molecule has 0 bridgehead atoms. The number of rotatable bonds is 8. The van der Waals surface area contributed by atoms with Gasteiger partial charge >= 0.3 is 0 Å². The van der Waals surface area contributed by atoms with E-state index in [0.29, 0.717) is 13.2 Å². The monoisotopic (exact) mass is 242 g/mol. The summed E-state index contributed by atoms with van der Waals surface area (Å²) in [5.41, 5.74) is 0. The third kappa shape index (κ3) is 8.78. The van der Waals surface area contributed by atoms with Crippen molar-refractivity contribution < 1.29 is 13.2 Å². The summed E-state index contributed by atoms with van der Waals surface area (Å²) in [5.74, 6) is 0.0561. The van der Waals surface area contributed by atoms with Gasteiger partial charge in [-0.05, 0) is 18.8 Å². The Morgan fingerprint density at radius 2 is 1.93 bits per heavy atom. The van der Waals surface area contributed by atoms with Crippen LogP contribution >= 0.6 is 10.7 Å². The Labute approximate surface area is 91.2 Å². The molecule has 0 N–H and O–H groups in total. The van der Waals surface area contributed by atoms with Crippen molar-refractivity contribution in [1.29, 1.82) is 0 Å². The highest BCUT2D eigenvalue weighted by Gasteiger charge is 2.16. The first-order valence-electron chi connectivity index (χ1n) is 4.99. The molecule has 0 aromatic rings. The molecule has 86 valence electrons. The molecule has 0 aliphatic heterocycles. The standard InChI is InChI=1S/C9H19ClO3S/c1-3-5-9(7-13-6-4-2)8-14(10,11)12/h9H,3-8H2,1-2H3. The van der Waals surface area contributed by atoms with E-state index in [0.717, 1.165) is 19.3 Å². The molecule has 1 atom stereocenters. The van der Waals surface area contributed by atoms with Gasteiger partial charge in [-0.3, -0.25) is 0 Å². The molecule has 0 aliphatic rings. The number of ether oxygens (including phenoxy) is 1. The van der Waals surface area contributed by atoms with Crippen LogP contribution in [0.3, 0.4) is 0 Å². The fourth-order valence-corrected chi connectivity index (χ4v) is 2.66. The Hall–Kier alpha value is 0.200. The Bertz CT molecular complexity index is 226. The van der Waals surface area contributed by atoms with Gasteiger partial charge in [0.2, 0.25) is 9.05 Å². The maximum Gasteiger partial charge on any atom is 0.232 e. The van der Waals surface area contributed by atoms with Crippen molar-refractivity contribution in [2.45, 2.75) is 33.1 Å². The van der Waals surface area contributed by atoms with Gasteiger partial charge in [-0.15, -0.1) is 0 Å². The minimum absolute atomic E-state index is 0.0200. The van der Waals surface area contributed by atoms with Crippen molar-refractivity contribution in [1.82, 2.24) is 0 Å². The zero-order valence-corrected chi connectivity index (χ0v) is 10.4. The second-order valence-electron chi connectivity index (χ2n) is 3.44. The van der Waals surface area contributed by atoms with E-state index in [4.69, 9.17) is 15.4 Å². The minimum Gasteiger partial charge on any atom is -0.381 e. The maximum absolute atomic E-state index is 10.9. The van der Waals surface area contributed by atoms with Crippen LogP contribution in [0, 0.1) is 5.92 Å². The first-order chi connectivity index (χ1) is 6.49. The van der Waals surface area contributed by atoms with Crippen LogP contribution in [-0.2, 0) is 13.8 Å². The molecule has 5 heteroatoms. The molecule has 0 saturated heterocycles. The Balaban J connectivity index is 3.89. The molecule has 0 heterocycles. The molecule has 0 amide bonds. The van der Waals surface area contributed by atoms with Gasteiger partial charge < -0.3 is 4.74 Å². The summed E-state index contributed by atoms with van der Waals surface area (Å²) in [6.45, 7) is 5.22. The van der Waals surface area contributed by atoms with Gasteiger partial charge in [0.25, 0.3) is 0 Å². The van der Waals surface area contributed by atoms with Crippen LogP contribution in [0.4, 0.5) is 0 Å². The lowest BCUT2D eigenvalue weighted by molar-refractivity contribution is 0.103. The van der Waals surface area contributed by atoms with Crippen LogP contribution < -0.4 is 0 Å². The molecule has 0 aliphatic carbocycles. The van der Waals surface area contributed by atoms with Gasteiger partial charge in [0, 0.05) is 17.3 Å². The normalized spacial score (nSPS) is 14.2. The van der Waals surface area contributed by atoms with E-state index in [-0.39, 0.29) is 11.7 Å². The van der Waals surface area contributed by atoms with Crippen molar-refractivity contribution in [2.24, 2.45) is 5.92 Å². The average Bonchev–Trinajstić information content (AvgIpc) is 2.02. The highest BCUT2D eigenvalue weighted by molar-refractivity contribution is 8.13. The van der Waals surface area contributed by atoms with Crippen molar-refractivity contribution in [2.75, 3.05) is 19.0 Å². The van der Waals surface area contributed by atoms with Gasteiger partial charge in [-0.2, -0.15) is 0 Å². The largest absolute Gasteiger partial charge is 0.381 e. The maximum atomic E-state index is 10.9. The number of hydrogen-bond acceptors (Lipinski definition) is 3. The van der Waals surface area contributed by atoms with Crippen molar-refractivity contribution in [3.63, 3.8) is 0 Å². The summed E-state index contributed by atoms with van der Waals surface area (Å²) in [7, 11) is 1.80. The van der Waals surface area contributed by atoms with E-state index in [9.17, 15) is 8.42 Å². The Morgan fingerprint density at radius 3 is 2.36 bits per heavy atom. The Kier molecular flexibility index (Phi) is 7.59. The summed E-state index contributed by atoms with van der Waals surface area (Å²) >= 11 is 0. The zero-order valence-electron chi connectivity index (χ0n) is 8.83. The number of halogens is 1. The van der Waals surface area contributed by atoms with E-state index in [1.165, 1.54) is 0 Å². The quantitative estimate of drug-likeness (QED) is 0.485. The molecule has 14 heavy (non-hydrogen) atoms. The van der Waals surface area contributed by atoms with Crippen molar-refractivity contribution in [3.05, 3.63) is 0 Å². The Morgan fingerprint density at radius 1 is 1.29 bits per heavy atom. The lowest BCUT2D eigenvalue weighted by Gasteiger charge is -2.13. The van der Waals surface area contributed by atoms with E-state index in [2.05, 4.69) is 0 Å². The fraction of sp³-hybridized carbons (Fsp3) is 1.00. The first kappa shape index (κ1) is 14.2. The molecule has 0 fully saturated rings. The fourth-order valence-electron chi connectivity index (χ4n) is 1.30. The summed E-state index contributed by atoms with van der Waals surface area (Å²) < 4.78 is 27.0. The summed E-state index contributed by atoms with van der Waals surface area (Å²) in [6.07, 6.45) is 2.74. The van der Waals surface area contributed by atoms with E-state index >= 15 is 0 Å². The second kappa shape index (κ2) is 7.49. The summed E-state index contributed by atoms with van der Waals surface area (Å²) in [6, 6.07) is 0.